The fourth-order valence-electron chi connectivity index (χ4n) is 4.30. The Morgan fingerprint density at radius 3 is 1.51 bits per heavy atom. The molecule has 2 amide bonds. The number of hydrogen-bond donors (Lipinski definition) is 4. The molecular weight excluding hydrogens is 436 g/mol. The summed E-state index contributed by atoms with van der Waals surface area (Å²) in [5.74, 6) is -0.166. The fraction of sp³-hybridized carbons (Fsp3) is 0.931. The lowest BCUT2D eigenvalue weighted by Gasteiger charge is -2.07. The number of hydrogen-bond acceptors (Lipinski definition) is 4. The van der Waals surface area contributed by atoms with Crippen LogP contribution >= 0.6 is 0 Å². The molecule has 0 rings (SSSR count). The Bertz CT molecular complexity index is 460. The number of nitrogens with one attached hydrogen (secondary N) is 3. The zero-order valence-corrected chi connectivity index (χ0v) is 23.3. The Kier molecular flexibility index (Phi) is 28.1. The smallest absolute Gasteiger partial charge is 0.239 e. The molecule has 0 saturated heterocycles. The van der Waals surface area contributed by atoms with E-state index in [9.17, 15) is 9.59 Å². The molecule has 0 radical (unpaired) electrons. The summed E-state index contributed by atoms with van der Waals surface area (Å²) in [6.45, 7) is 5.59. The molecule has 0 heterocycles. The lowest BCUT2D eigenvalue weighted by atomic mass is 10.0. The molecule has 0 aromatic heterocycles. The van der Waals surface area contributed by atoms with Crippen LogP contribution < -0.4 is 21.7 Å². The summed E-state index contributed by atoms with van der Waals surface area (Å²) in [7, 11) is 0. The summed E-state index contributed by atoms with van der Waals surface area (Å²) in [5, 5.41) is 8.95. The monoisotopic (exact) mass is 496 g/mol. The molecule has 0 fully saturated rings. The molecule has 0 unspecified atom stereocenters. The first-order valence-electron chi connectivity index (χ1n) is 15.1. The maximum absolute atomic E-state index is 11.8. The molecule has 6 nitrogen and oxygen atoms in total. The van der Waals surface area contributed by atoms with E-state index in [0.29, 0.717) is 19.5 Å². The van der Waals surface area contributed by atoms with Crippen molar-refractivity contribution in [3.05, 3.63) is 0 Å². The fourth-order valence-corrected chi connectivity index (χ4v) is 4.30. The van der Waals surface area contributed by atoms with E-state index in [-0.39, 0.29) is 18.4 Å². The maximum Gasteiger partial charge on any atom is 0.239 e. The Balaban J connectivity index is 3.21. The van der Waals surface area contributed by atoms with Gasteiger partial charge in [-0.1, -0.05) is 110 Å². The van der Waals surface area contributed by atoms with Gasteiger partial charge in [-0.05, 0) is 45.3 Å². The summed E-state index contributed by atoms with van der Waals surface area (Å²) in [6.07, 6.45) is 26.5. The van der Waals surface area contributed by atoms with Gasteiger partial charge in [-0.25, -0.2) is 0 Å². The molecule has 208 valence electrons. The van der Waals surface area contributed by atoms with Crippen molar-refractivity contribution in [3.63, 3.8) is 0 Å². The molecule has 0 spiro atoms. The summed E-state index contributed by atoms with van der Waals surface area (Å²) in [4.78, 5) is 23.5. The summed E-state index contributed by atoms with van der Waals surface area (Å²) in [6, 6.07) is 0. The van der Waals surface area contributed by atoms with Crippen molar-refractivity contribution in [2.24, 2.45) is 5.73 Å². The Hall–Kier alpha value is -1.14. The second-order valence-electron chi connectivity index (χ2n) is 10.1. The average molecular weight is 497 g/mol. The third kappa shape index (κ3) is 29.0. The second kappa shape index (κ2) is 29.1. The molecule has 0 aliphatic heterocycles. The first-order chi connectivity index (χ1) is 17.2. The zero-order chi connectivity index (χ0) is 25.7. The van der Waals surface area contributed by atoms with E-state index in [2.05, 4.69) is 22.9 Å². The van der Waals surface area contributed by atoms with E-state index in [1.165, 1.54) is 103 Å². The van der Waals surface area contributed by atoms with E-state index in [4.69, 9.17) is 5.73 Å². The highest BCUT2D eigenvalue weighted by atomic mass is 16.2. The van der Waals surface area contributed by atoms with Gasteiger partial charge in [0, 0.05) is 13.0 Å². The molecule has 0 aromatic carbocycles. The molecule has 0 saturated carbocycles. The van der Waals surface area contributed by atoms with E-state index >= 15 is 0 Å². The summed E-state index contributed by atoms with van der Waals surface area (Å²) >= 11 is 0. The molecule has 0 bridgehead atoms. The van der Waals surface area contributed by atoms with Gasteiger partial charge in [0.1, 0.15) is 0 Å². The number of unbranched alkanes of at least 4 members (excludes halogenated alkanes) is 17. The van der Waals surface area contributed by atoms with Crippen LogP contribution in [-0.4, -0.2) is 44.5 Å². The van der Waals surface area contributed by atoms with Crippen LogP contribution in [0.4, 0.5) is 0 Å². The van der Waals surface area contributed by atoms with Crippen LogP contribution in [0.1, 0.15) is 142 Å². The van der Waals surface area contributed by atoms with E-state index in [1.807, 2.05) is 0 Å². The van der Waals surface area contributed by atoms with Crippen LogP contribution in [0.15, 0.2) is 0 Å². The van der Waals surface area contributed by atoms with Crippen molar-refractivity contribution >= 4 is 11.8 Å². The van der Waals surface area contributed by atoms with Crippen LogP contribution in [-0.2, 0) is 9.59 Å². The predicted octanol–water partition coefficient (Wildman–Crippen LogP) is 5.98. The number of carbonyl (C=O) groups excluding carboxylic acids is 2. The molecular formula is C29H60N4O2. The predicted molar refractivity (Wildman–Crippen MR) is 151 cm³/mol. The van der Waals surface area contributed by atoms with Gasteiger partial charge >= 0.3 is 0 Å². The van der Waals surface area contributed by atoms with Crippen LogP contribution in [0, 0.1) is 0 Å². The van der Waals surface area contributed by atoms with E-state index < -0.39 is 0 Å². The molecule has 0 aliphatic carbocycles. The van der Waals surface area contributed by atoms with Gasteiger partial charge in [-0.2, -0.15) is 0 Å². The summed E-state index contributed by atoms with van der Waals surface area (Å²) < 4.78 is 0. The normalized spacial score (nSPS) is 11.0. The minimum Gasteiger partial charge on any atom is -0.355 e. The van der Waals surface area contributed by atoms with Crippen molar-refractivity contribution in [2.45, 2.75) is 142 Å². The number of rotatable bonds is 28. The highest BCUT2D eigenvalue weighted by Gasteiger charge is 2.05. The van der Waals surface area contributed by atoms with Crippen LogP contribution in [0.5, 0.6) is 0 Å². The highest BCUT2D eigenvalue weighted by Crippen LogP contribution is 2.13. The van der Waals surface area contributed by atoms with Crippen LogP contribution in [0.2, 0.25) is 0 Å². The molecule has 35 heavy (non-hydrogen) atoms. The van der Waals surface area contributed by atoms with E-state index in [1.54, 1.807) is 0 Å². The topological polar surface area (TPSA) is 96.2 Å². The average Bonchev–Trinajstić information content (AvgIpc) is 2.86. The van der Waals surface area contributed by atoms with Gasteiger partial charge < -0.3 is 21.7 Å². The van der Waals surface area contributed by atoms with Crippen molar-refractivity contribution in [1.29, 1.82) is 0 Å². The van der Waals surface area contributed by atoms with Gasteiger partial charge in [0.05, 0.1) is 6.54 Å². The van der Waals surface area contributed by atoms with Crippen molar-refractivity contribution < 1.29 is 9.59 Å². The molecule has 0 aromatic rings. The minimum absolute atomic E-state index is 0.0486. The van der Waals surface area contributed by atoms with Crippen molar-refractivity contribution in [1.82, 2.24) is 16.0 Å². The van der Waals surface area contributed by atoms with Crippen LogP contribution in [0.25, 0.3) is 0 Å². The van der Waals surface area contributed by atoms with Gasteiger partial charge in [-0.15, -0.1) is 0 Å². The van der Waals surface area contributed by atoms with Gasteiger partial charge in [0.15, 0.2) is 0 Å². The van der Waals surface area contributed by atoms with E-state index in [0.717, 1.165) is 38.8 Å². The number of amides is 2. The first-order valence-corrected chi connectivity index (χ1v) is 15.1. The Morgan fingerprint density at radius 1 is 0.514 bits per heavy atom. The lowest BCUT2D eigenvalue weighted by molar-refractivity contribution is -0.126. The number of carbonyl (C=O) groups is 2. The van der Waals surface area contributed by atoms with Gasteiger partial charge in [-0.3, -0.25) is 9.59 Å². The summed E-state index contributed by atoms with van der Waals surface area (Å²) in [5.41, 5.74) is 5.44. The highest BCUT2D eigenvalue weighted by molar-refractivity contribution is 5.84. The zero-order valence-electron chi connectivity index (χ0n) is 23.3. The Morgan fingerprint density at radius 2 is 0.971 bits per heavy atom. The first kappa shape index (κ1) is 33.9. The minimum atomic E-state index is -0.118. The molecule has 5 N–H and O–H groups in total. The largest absolute Gasteiger partial charge is 0.355 e. The maximum atomic E-state index is 11.8. The standard InChI is InChI=1S/C29H60N4O2/c1-2-3-4-5-6-7-8-9-10-11-12-13-14-15-16-19-24-31-25-21-22-28(34)33-27-29(35)32-26-20-17-18-23-30/h31H,2-27,30H2,1H3,(H,32,35)(H,33,34). The molecule has 6 heteroatoms. The van der Waals surface area contributed by atoms with Crippen LogP contribution in [0.3, 0.4) is 0 Å². The lowest BCUT2D eigenvalue weighted by Crippen LogP contribution is -2.37. The Labute approximate surface area is 217 Å². The van der Waals surface area contributed by atoms with Crippen molar-refractivity contribution in [2.75, 3.05) is 32.7 Å². The third-order valence-corrected chi connectivity index (χ3v) is 6.61. The SMILES string of the molecule is CCCCCCCCCCCCCCCCCCNCCCC(=O)NCC(=O)NCCCCCN. The number of nitrogens with two attached hydrogens (primary N) is 1. The van der Waals surface area contributed by atoms with Gasteiger partial charge in [0.25, 0.3) is 0 Å². The quantitative estimate of drug-likeness (QED) is 0.100. The molecule has 0 aliphatic rings. The van der Waals surface area contributed by atoms with Gasteiger partial charge in [0.2, 0.25) is 11.8 Å². The molecule has 0 atom stereocenters. The third-order valence-electron chi connectivity index (χ3n) is 6.61. The van der Waals surface area contributed by atoms with Crippen molar-refractivity contribution in [3.8, 4) is 0 Å². The second-order valence-corrected chi connectivity index (χ2v) is 10.1.